The Bertz CT molecular complexity index is 372. The van der Waals surface area contributed by atoms with Crippen LogP contribution in [0.2, 0.25) is 0 Å². The Morgan fingerprint density at radius 3 is 2.53 bits per heavy atom. The van der Waals surface area contributed by atoms with Crippen molar-refractivity contribution in [3.8, 4) is 0 Å². The van der Waals surface area contributed by atoms with Crippen molar-refractivity contribution < 1.29 is 4.39 Å². The maximum absolute atomic E-state index is 13.2. The van der Waals surface area contributed by atoms with Crippen molar-refractivity contribution in [2.45, 2.75) is 34.2 Å². The topological polar surface area (TPSA) is 38.0 Å². The quantitative estimate of drug-likeness (QED) is 0.773. The lowest BCUT2D eigenvalue weighted by molar-refractivity contribution is 0.238. The first-order valence-corrected chi connectivity index (χ1v) is 6.07. The second-order valence-corrected chi connectivity index (χ2v) is 5.60. The van der Waals surface area contributed by atoms with Crippen molar-refractivity contribution in [3.63, 3.8) is 0 Å². The third-order valence-corrected chi connectivity index (χ3v) is 3.54. The molecule has 0 saturated carbocycles. The summed E-state index contributed by atoms with van der Waals surface area (Å²) in [6, 6.07) is 4.96. The molecular formula is C14H23FN2. The van der Waals surface area contributed by atoms with Gasteiger partial charge in [0.2, 0.25) is 0 Å². The van der Waals surface area contributed by atoms with Crippen molar-refractivity contribution in [3.05, 3.63) is 29.6 Å². The number of benzene rings is 1. The Morgan fingerprint density at radius 1 is 1.35 bits per heavy atom. The maximum Gasteiger partial charge on any atom is 0.146 e. The van der Waals surface area contributed by atoms with E-state index >= 15 is 0 Å². The first-order chi connectivity index (χ1) is 7.83. The highest BCUT2D eigenvalue weighted by atomic mass is 19.1. The molecule has 0 aliphatic heterocycles. The third kappa shape index (κ3) is 4.00. The Hall–Kier alpha value is -1.09. The van der Waals surface area contributed by atoms with Gasteiger partial charge in [-0.2, -0.15) is 0 Å². The van der Waals surface area contributed by atoms with Gasteiger partial charge in [0, 0.05) is 13.1 Å². The van der Waals surface area contributed by atoms with Gasteiger partial charge in [-0.15, -0.1) is 0 Å². The SMILES string of the molecule is CC(C)C(C)(C)CNCc1ccc(N)c(F)c1. The lowest BCUT2D eigenvalue weighted by atomic mass is 9.81. The maximum atomic E-state index is 13.2. The predicted octanol–water partition coefficient (Wildman–Crippen LogP) is 3.18. The number of nitrogen functional groups attached to an aromatic ring is 1. The summed E-state index contributed by atoms with van der Waals surface area (Å²) in [6.07, 6.45) is 0. The van der Waals surface area contributed by atoms with Gasteiger partial charge < -0.3 is 11.1 Å². The molecule has 3 N–H and O–H groups in total. The zero-order valence-electron chi connectivity index (χ0n) is 11.2. The Kier molecular flexibility index (Phi) is 4.52. The van der Waals surface area contributed by atoms with E-state index in [4.69, 9.17) is 5.73 Å². The minimum atomic E-state index is -0.340. The summed E-state index contributed by atoms with van der Waals surface area (Å²) in [5, 5.41) is 3.36. The Labute approximate surface area is 103 Å². The first-order valence-electron chi connectivity index (χ1n) is 6.07. The van der Waals surface area contributed by atoms with Gasteiger partial charge in [0.05, 0.1) is 5.69 Å². The van der Waals surface area contributed by atoms with Gasteiger partial charge in [-0.25, -0.2) is 4.39 Å². The standard InChI is InChI=1S/C14H23FN2/c1-10(2)14(3,4)9-17-8-11-5-6-13(16)12(15)7-11/h5-7,10,17H,8-9,16H2,1-4H3. The molecule has 0 spiro atoms. The van der Waals surface area contributed by atoms with E-state index in [1.165, 1.54) is 6.07 Å². The zero-order chi connectivity index (χ0) is 13.1. The van der Waals surface area contributed by atoms with Crippen LogP contribution < -0.4 is 11.1 Å². The molecule has 0 saturated heterocycles. The van der Waals surface area contributed by atoms with Crippen molar-refractivity contribution >= 4 is 5.69 Å². The van der Waals surface area contributed by atoms with Crippen LogP contribution in [0.4, 0.5) is 10.1 Å². The van der Waals surface area contributed by atoms with Crippen LogP contribution >= 0.6 is 0 Å². The van der Waals surface area contributed by atoms with E-state index in [0.717, 1.165) is 12.1 Å². The van der Waals surface area contributed by atoms with E-state index in [0.29, 0.717) is 12.5 Å². The van der Waals surface area contributed by atoms with Gasteiger partial charge in [0.25, 0.3) is 0 Å². The molecule has 0 bridgehead atoms. The summed E-state index contributed by atoms with van der Waals surface area (Å²) in [4.78, 5) is 0. The summed E-state index contributed by atoms with van der Waals surface area (Å²) in [7, 11) is 0. The van der Waals surface area contributed by atoms with Gasteiger partial charge in [0.1, 0.15) is 5.82 Å². The summed E-state index contributed by atoms with van der Waals surface area (Å²) >= 11 is 0. The minimum Gasteiger partial charge on any atom is -0.396 e. The van der Waals surface area contributed by atoms with Crippen LogP contribution in [0.1, 0.15) is 33.3 Å². The van der Waals surface area contributed by atoms with Crippen molar-refractivity contribution in [2.24, 2.45) is 11.3 Å². The average molecular weight is 238 g/mol. The van der Waals surface area contributed by atoms with E-state index in [1.807, 2.05) is 6.07 Å². The van der Waals surface area contributed by atoms with Crippen LogP contribution in [-0.4, -0.2) is 6.54 Å². The van der Waals surface area contributed by atoms with Crippen LogP contribution in [-0.2, 0) is 6.54 Å². The van der Waals surface area contributed by atoms with E-state index in [-0.39, 0.29) is 16.9 Å². The fourth-order valence-electron chi connectivity index (χ4n) is 1.41. The highest BCUT2D eigenvalue weighted by molar-refractivity contribution is 5.41. The lowest BCUT2D eigenvalue weighted by Gasteiger charge is -2.29. The summed E-state index contributed by atoms with van der Waals surface area (Å²) < 4.78 is 13.2. The molecule has 3 heteroatoms. The summed E-state index contributed by atoms with van der Waals surface area (Å²) in [5.41, 5.74) is 6.81. The molecular weight excluding hydrogens is 215 g/mol. The average Bonchev–Trinajstić information content (AvgIpc) is 2.23. The molecule has 0 radical (unpaired) electrons. The van der Waals surface area contributed by atoms with Gasteiger partial charge >= 0.3 is 0 Å². The number of anilines is 1. The number of hydrogen-bond acceptors (Lipinski definition) is 2. The monoisotopic (exact) mass is 238 g/mol. The largest absolute Gasteiger partial charge is 0.396 e. The number of halogens is 1. The number of nitrogens with one attached hydrogen (secondary N) is 1. The molecule has 96 valence electrons. The highest BCUT2D eigenvalue weighted by Crippen LogP contribution is 2.24. The summed E-state index contributed by atoms with van der Waals surface area (Å²) in [5.74, 6) is 0.269. The normalized spacial score (nSPS) is 12.1. The van der Waals surface area contributed by atoms with Crippen LogP contribution in [0.15, 0.2) is 18.2 Å². The molecule has 0 aliphatic rings. The summed E-state index contributed by atoms with van der Waals surface area (Å²) in [6.45, 7) is 10.5. The molecule has 1 aromatic carbocycles. The van der Waals surface area contributed by atoms with Gasteiger partial charge in [0.15, 0.2) is 0 Å². The second kappa shape index (κ2) is 5.50. The van der Waals surface area contributed by atoms with Crippen molar-refractivity contribution in [1.29, 1.82) is 0 Å². The van der Waals surface area contributed by atoms with Gasteiger partial charge in [-0.1, -0.05) is 33.8 Å². The third-order valence-electron chi connectivity index (χ3n) is 3.54. The molecule has 0 aromatic heterocycles. The molecule has 0 heterocycles. The van der Waals surface area contributed by atoms with Crippen molar-refractivity contribution in [2.75, 3.05) is 12.3 Å². The lowest BCUT2D eigenvalue weighted by Crippen LogP contribution is -2.33. The zero-order valence-corrected chi connectivity index (χ0v) is 11.2. The molecule has 17 heavy (non-hydrogen) atoms. The van der Waals surface area contributed by atoms with Gasteiger partial charge in [-0.05, 0) is 29.0 Å². The fraction of sp³-hybridized carbons (Fsp3) is 0.571. The minimum absolute atomic E-state index is 0.205. The number of hydrogen-bond donors (Lipinski definition) is 2. The molecule has 0 unspecified atom stereocenters. The van der Waals surface area contributed by atoms with E-state index in [2.05, 4.69) is 33.0 Å². The Balaban J connectivity index is 2.49. The molecule has 1 aromatic rings. The molecule has 0 aliphatic carbocycles. The van der Waals surface area contributed by atoms with Crippen LogP contribution in [0, 0.1) is 17.2 Å². The number of nitrogens with two attached hydrogens (primary N) is 1. The van der Waals surface area contributed by atoms with Crippen molar-refractivity contribution in [1.82, 2.24) is 5.32 Å². The first kappa shape index (κ1) is 14.0. The molecule has 0 fully saturated rings. The Morgan fingerprint density at radius 2 is 2.00 bits per heavy atom. The van der Waals surface area contributed by atoms with E-state index in [9.17, 15) is 4.39 Å². The number of rotatable bonds is 5. The molecule has 0 amide bonds. The fourth-order valence-corrected chi connectivity index (χ4v) is 1.41. The highest BCUT2D eigenvalue weighted by Gasteiger charge is 2.21. The molecule has 1 rings (SSSR count). The molecule has 0 atom stereocenters. The van der Waals surface area contributed by atoms with Crippen LogP contribution in [0.5, 0.6) is 0 Å². The van der Waals surface area contributed by atoms with Gasteiger partial charge in [-0.3, -0.25) is 0 Å². The van der Waals surface area contributed by atoms with E-state index < -0.39 is 0 Å². The van der Waals surface area contributed by atoms with Crippen LogP contribution in [0.25, 0.3) is 0 Å². The van der Waals surface area contributed by atoms with E-state index in [1.54, 1.807) is 6.07 Å². The smallest absolute Gasteiger partial charge is 0.146 e. The second-order valence-electron chi connectivity index (χ2n) is 5.60. The predicted molar refractivity (Wildman–Crippen MR) is 71.1 cm³/mol. The molecule has 2 nitrogen and oxygen atoms in total. The van der Waals surface area contributed by atoms with Crippen LogP contribution in [0.3, 0.4) is 0 Å².